The molecule has 2 N–H and O–H groups in total. The summed E-state index contributed by atoms with van der Waals surface area (Å²) in [4.78, 5) is 15.2. The lowest BCUT2D eigenvalue weighted by Crippen LogP contribution is -2.29. The van der Waals surface area contributed by atoms with E-state index in [1.165, 1.54) is 24.5 Å². The van der Waals surface area contributed by atoms with Gasteiger partial charge in [-0.3, -0.25) is 9.20 Å². The van der Waals surface area contributed by atoms with E-state index in [0.29, 0.717) is 38.9 Å². The van der Waals surface area contributed by atoms with Crippen molar-refractivity contribution in [1.29, 1.82) is 0 Å². The summed E-state index contributed by atoms with van der Waals surface area (Å²) >= 11 is 6.45. The van der Waals surface area contributed by atoms with Gasteiger partial charge in [0.05, 0.1) is 13.2 Å². The van der Waals surface area contributed by atoms with Crippen LogP contribution in [0, 0.1) is 5.82 Å². The highest BCUT2D eigenvalue weighted by molar-refractivity contribution is 6.31. The Morgan fingerprint density at radius 1 is 1.19 bits per heavy atom. The zero-order valence-corrected chi connectivity index (χ0v) is 17.2. The zero-order valence-electron chi connectivity index (χ0n) is 16.4. The van der Waals surface area contributed by atoms with E-state index in [9.17, 15) is 9.18 Å². The Morgan fingerprint density at radius 3 is 2.71 bits per heavy atom. The molecule has 0 radical (unpaired) electrons. The number of pyridine rings is 1. The largest absolute Gasteiger partial charge is 0.497 e. The topological polar surface area (TPSA) is 85.8 Å². The molecule has 0 aliphatic carbocycles. The number of methoxy groups -OCH3 is 1. The minimum atomic E-state index is -0.667. The lowest BCUT2D eigenvalue weighted by Gasteiger charge is -2.27. The number of anilines is 1. The lowest BCUT2D eigenvalue weighted by molar-refractivity contribution is 0.0730. The van der Waals surface area contributed by atoms with Crippen molar-refractivity contribution in [3.8, 4) is 5.75 Å². The van der Waals surface area contributed by atoms with Crippen molar-refractivity contribution in [2.24, 2.45) is 0 Å². The summed E-state index contributed by atoms with van der Waals surface area (Å²) in [6.45, 7) is 0.262. The highest BCUT2D eigenvalue weighted by Gasteiger charge is 2.42. The fourth-order valence-corrected chi connectivity index (χ4v) is 4.27. The highest BCUT2D eigenvalue weighted by Crippen LogP contribution is 2.45. The third-order valence-corrected chi connectivity index (χ3v) is 5.82. The molecular weight excluding hydrogens is 421 g/mol. The first-order valence-corrected chi connectivity index (χ1v) is 9.86. The van der Waals surface area contributed by atoms with Gasteiger partial charge in [0.1, 0.15) is 23.6 Å². The van der Waals surface area contributed by atoms with Gasteiger partial charge in [-0.2, -0.15) is 0 Å². The van der Waals surface area contributed by atoms with E-state index in [1.807, 2.05) is 24.3 Å². The van der Waals surface area contributed by atoms with Crippen molar-refractivity contribution in [2.75, 3.05) is 12.8 Å². The normalized spacial score (nSPS) is 15.5. The van der Waals surface area contributed by atoms with Crippen LogP contribution in [0.5, 0.6) is 5.75 Å². The number of aromatic nitrogens is 3. The predicted molar refractivity (Wildman–Crippen MR) is 114 cm³/mol. The van der Waals surface area contributed by atoms with Crippen molar-refractivity contribution >= 4 is 28.8 Å². The molecule has 1 amide bonds. The number of ether oxygens (including phenoxy) is 1. The monoisotopic (exact) mass is 437 g/mol. The van der Waals surface area contributed by atoms with Gasteiger partial charge in [0.2, 0.25) is 0 Å². The number of amides is 1. The van der Waals surface area contributed by atoms with Crippen molar-refractivity contribution in [2.45, 2.75) is 12.6 Å². The van der Waals surface area contributed by atoms with Crippen LogP contribution in [0.15, 0.2) is 54.9 Å². The van der Waals surface area contributed by atoms with E-state index in [1.54, 1.807) is 22.5 Å². The number of hydrogen-bond acceptors (Lipinski definition) is 5. The summed E-state index contributed by atoms with van der Waals surface area (Å²) in [6.07, 6.45) is 1.46. The minimum absolute atomic E-state index is 0.262. The first-order chi connectivity index (χ1) is 15.0. The number of halogens is 2. The molecule has 0 saturated heterocycles. The maximum Gasteiger partial charge on any atom is 0.272 e. The molecule has 1 aliphatic rings. The molecule has 1 atom stereocenters. The van der Waals surface area contributed by atoms with Gasteiger partial charge >= 0.3 is 0 Å². The maximum absolute atomic E-state index is 14.2. The van der Waals surface area contributed by atoms with Crippen LogP contribution in [0.2, 0.25) is 5.02 Å². The van der Waals surface area contributed by atoms with E-state index in [2.05, 4.69) is 10.2 Å². The molecule has 9 heteroatoms. The van der Waals surface area contributed by atoms with Gasteiger partial charge in [0.25, 0.3) is 5.91 Å². The summed E-state index contributed by atoms with van der Waals surface area (Å²) in [5.41, 5.74) is 9.41. The molecule has 3 heterocycles. The Hall–Kier alpha value is -3.65. The quantitative estimate of drug-likeness (QED) is 0.524. The number of nitrogens with zero attached hydrogens (tertiary/aromatic N) is 4. The van der Waals surface area contributed by atoms with Crippen LogP contribution in [0.4, 0.5) is 10.1 Å². The van der Waals surface area contributed by atoms with Crippen LogP contribution < -0.4 is 10.5 Å². The molecule has 156 valence electrons. The standard InChI is InChI=1S/C22H17ClFN5O2/c1-31-14-5-2-12(3-6-14)10-28-20(15-8-13(24)4-7-16(15)23)19-17(25)9-18-27-26-11-29(18)21(19)22(28)30/h2-9,11,20H,10,25H2,1H3. The Kier molecular flexibility index (Phi) is 4.51. The molecule has 2 aromatic heterocycles. The first kappa shape index (κ1) is 19.3. The molecule has 2 aromatic carbocycles. The number of rotatable bonds is 4. The summed E-state index contributed by atoms with van der Waals surface area (Å²) in [5.74, 6) is -0.0122. The van der Waals surface area contributed by atoms with E-state index in [0.717, 1.165) is 5.56 Å². The molecule has 1 unspecified atom stereocenters. The molecule has 5 rings (SSSR count). The molecule has 7 nitrogen and oxygen atoms in total. The maximum atomic E-state index is 14.2. The van der Waals surface area contributed by atoms with Crippen molar-refractivity contribution in [3.05, 3.63) is 88.1 Å². The summed E-state index contributed by atoms with van der Waals surface area (Å²) in [5, 5.41) is 8.25. The number of hydrogen-bond donors (Lipinski definition) is 1. The fraction of sp³-hybridized carbons (Fsp3) is 0.136. The molecule has 31 heavy (non-hydrogen) atoms. The number of carbonyl (C=O) groups is 1. The van der Waals surface area contributed by atoms with Gasteiger partial charge in [-0.15, -0.1) is 10.2 Å². The molecule has 4 aromatic rings. The van der Waals surface area contributed by atoms with E-state index in [-0.39, 0.29) is 12.5 Å². The minimum Gasteiger partial charge on any atom is -0.497 e. The second-order valence-electron chi connectivity index (χ2n) is 7.27. The Balaban J connectivity index is 1.70. The van der Waals surface area contributed by atoms with Gasteiger partial charge in [-0.25, -0.2) is 4.39 Å². The zero-order chi connectivity index (χ0) is 21.7. The van der Waals surface area contributed by atoms with E-state index in [4.69, 9.17) is 22.1 Å². The van der Waals surface area contributed by atoms with Crippen LogP contribution in [-0.4, -0.2) is 32.5 Å². The Bertz CT molecular complexity index is 1320. The number of carbonyl (C=O) groups excluding carboxylic acids is 1. The number of nitrogens with two attached hydrogens (primary N) is 1. The van der Waals surface area contributed by atoms with Gasteiger partial charge in [0.15, 0.2) is 5.65 Å². The fourth-order valence-electron chi connectivity index (χ4n) is 4.05. The smallest absolute Gasteiger partial charge is 0.272 e. The summed E-state index contributed by atoms with van der Waals surface area (Å²) in [6, 6.07) is 12.5. The van der Waals surface area contributed by atoms with Crippen LogP contribution in [0.1, 0.15) is 33.2 Å². The van der Waals surface area contributed by atoms with Gasteiger partial charge in [-0.05, 0) is 35.9 Å². The van der Waals surface area contributed by atoms with Gasteiger partial charge < -0.3 is 15.4 Å². The van der Waals surface area contributed by atoms with Gasteiger partial charge in [-0.1, -0.05) is 23.7 Å². The average molecular weight is 438 g/mol. The second kappa shape index (κ2) is 7.24. The molecule has 0 saturated carbocycles. The number of nitrogen functional groups attached to an aromatic ring is 1. The second-order valence-corrected chi connectivity index (χ2v) is 7.68. The van der Waals surface area contributed by atoms with Crippen molar-refractivity contribution in [1.82, 2.24) is 19.5 Å². The number of fused-ring (bicyclic) bond motifs is 3. The molecule has 0 spiro atoms. The first-order valence-electron chi connectivity index (χ1n) is 9.49. The molecular formula is C22H17ClFN5O2. The third-order valence-electron chi connectivity index (χ3n) is 5.48. The SMILES string of the molecule is COc1ccc(CN2C(=O)c3c(c(N)cc4nncn34)C2c2cc(F)ccc2Cl)cc1. The lowest BCUT2D eigenvalue weighted by atomic mass is 9.97. The van der Waals surface area contributed by atoms with Crippen LogP contribution >= 0.6 is 11.6 Å². The molecule has 1 aliphatic heterocycles. The van der Waals surface area contributed by atoms with E-state index < -0.39 is 11.9 Å². The van der Waals surface area contributed by atoms with Crippen molar-refractivity contribution < 1.29 is 13.9 Å². The summed E-state index contributed by atoms with van der Waals surface area (Å²) in [7, 11) is 1.59. The van der Waals surface area contributed by atoms with Crippen molar-refractivity contribution in [3.63, 3.8) is 0 Å². The van der Waals surface area contributed by atoms with E-state index >= 15 is 0 Å². The summed E-state index contributed by atoms with van der Waals surface area (Å²) < 4.78 is 21.0. The van der Waals surface area contributed by atoms with Crippen LogP contribution in [-0.2, 0) is 6.54 Å². The average Bonchev–Trinajstić information content (AvgIpc) is 3.33. The predicted octanol–water partition coefficient (Wildman–Crippen LogP) is 3.86. The highest BCUT2D eigenvalue weighted by atomic mass is 35.5. The Morgan fingerprint density at radius 2 is 1.97 bits per heavy atom. The van der Waals surface area contributed by atoms with Crippen LogP contribution in [0.3, 0.4) is 0 Å². The molecule has 0 bridgehead atoms. The third kappa shape index (κ3) is 3.07. The Labute approximate surface area is 181 Å². The molecule has 0 fully saturated rings. The number of benzene rings is 2. The van der Waals surface area contributed by atoms with Crippen LogP contribution in [0.25, 0.3) is 5.65 Å². The van der Waals surface area contributed by atoms with Gasteiger partial charge in [0, 0.05) is 34.4 Å².